The highest BCUT2D eigenvalue weighted by Gasteiger charge is 2.36. The number of phenols is 2. The number of phenolic OH excluding ortho intramolecular Hbond substituents is 2. The molecule has 9 heteroatoms. The fraction of sp³-hybridized carbons (Fsp3) is 0.292. The number of aryl methyl sites for hydroxylation is 1. The van der Waals surface area contributed by atoms with E-state index in [0.29, 0.717) is 22.4 Å². The Morgan fingerprint density at radius 2 is 2.03 bits per heavy atom. The fourth-order valence-electron chi connectivity index (χ4n) is 4.17. The summed E-state index contributed by atoms with van der Waals surface area (Å²) in [5.74, 6) is -2.51. The summed E-state index contributed by atoms with van der Waals surface area (Å²) in [7, 11) is 1.26. The summed E-state index contributed by atoms with van der Waals surface area (Å²) in [6.07, 6.45) is 0.548. The first-order chi connectivity index (χ1) is 15.7. The summed E-state index contributed by atoms with van der Waals surface area (Å²) < 4.78 is 10.7. The first-order valence-electron chi connectivity index (χ1n) is 10.2. The number of rotatable bonds is 6. The molecule has 33 heavy (non-hydrogen) atoms. The van der Waals surface area contributed by atoms with Gasteiger partial charge in [-0.05, 0) is 42.3 Å². The van der Waals surface area contributed by atoms with E-state index in [0.717, 1.165) is 0 Å². The van der Waals surface area contributed by atoms with E-state index in [-0.39, 0.29) is 41.2 Å². The number of aromatic nitrogens is 1. The van der Waals surface area contributed by atoms with E-state index in [1.165, 1.54) is 31.4 Å². The smallest absolute Gasteiger partial charge is 0.306 e. The molecule has 3 aromatic rings. The lowest BCUT2D eigenvalue weighted by Crippen LogP contribution is -2.13. The van der Waals surface area contributed by atoms with Crippen LogP contribution >= 0.6 is 11.3 Å². The van der Waals surface area contributed by atoms with Crippen molar-refractivity contribution in [2.75, 3.05) is 7.11 Å². The van der Waals surface area contributed by atoms with E-state index >= 15 is 0 Å². The summed E-state index contributed by atoms with van der Waals surface area (Å²) in [5, 5.41) is 36.7. The number of ketones is 1. The Balaban J connectivity index is 1.96. The number of ether oxygens (including phenoxy) is 2. The molecule has 0 saturated carbocycles. The molecule has 0 aliphatic carbocycles. The first-order valence-corrected chi connectivity index (χ1v) is 11.2. The fourth-order valence-corrected chi connectivity index (χ4v) is 4.89. The lowest BCUT2D eigenvalue weighted by Gasteiger charge is -2.24. The molecule has 4 rings (SSSR count). The summed E-state index contributed by atoms with van der Waals surface area (Å²) >= 11 is 1.40. The molecule has 2 atom stereocenters. The molecule has 172 valence electrons. The molecule has 8 nitrogen and oxygen atoms in total. The number of benzene rings is 1. The van der Waals surface area contributed by atoms with Crippen LogP contribution in [-0.2, 0) is 20.9 Å². The van der Waals surface area contributed by atoms with Gasteiger partial charge in [-0.3, -0.25) is 14.6 Å². The van der Waals surface area contributed by atoms with Gasteiger partial charge in [-0.15, -0.1) is 0 Å². The van der Waals surface area contributed by atoms with Crippen molar-refractivity contribution in [2.24, 2.45) is 0 Å². The average Bonchev–Trinajstić information content (AvgIpc) is 3.46. The largest absolute Gasteiger partial charge is 0.507 e. The molecule has 1 aliphatic heterocycles. The van der Waals surface area contributed by atoms with Crippen molar-refractivity contribution in [1.29, 1.82) is 0 Å². The van der Waals surface area contributed by atoms with E-state index in [4.69, 9.17) is 9.47 Å². The zero-order valence-electron chi connectivity index (χ0n) is 18.3. The third-order valence-corrected chi connectivity index (χ3v) is 6.62. The van der Waals surface area contributed by atoms with Crippen molar-refractivity contribution in [3.05, 3.63) is 68.2 Å². The van der Waals surface area contributed by atoms with Crippen molar-refractivity contribution in [1.82, 2.24) is 4.98 Å². The standard InChI is InChI=1S/C24H23NO7S/c1-11-21(28)19-14(8-25-11)9-32-24(19)17-6-15(12(2)26)22(29)20(23(17)30)16(7-18(27)31-3)13-4-5-33-10-13/h4-6,8,10,16,24,28-30H,7,9H2,1-3H3/t16-,24-/m1/s1. The van der Waals surface area contributed by atoms with Crippen LogP contribution in [0.3, 0.4) is 0 Å². The van der Waals surface area contributed by atoms with Crippen LogP contribution in [0.15, 0.2) is 29.1 Å². The first kappa shape index (κ1) is 22.8. The van der Waals surface area contributed by atoms with Crippen LogP contribution in [-0.4, -0.2) is 39.2 Å². The quantitative estimate of drug-likeness (QED) is 0.364. The number of pyridine rings is 1. The third-order valence-electron chi connectivity index (χ3n) is 5.92. The Bertz CT molecular complexity index is 1240. The van der Waals surface area contributed by atoms with E-state index in [1.807, 2.05) is 5.38 Å². The van der Waals surface area contributed by atoms with E-state index in [1.54, 1.807) is 24.6 Å². The van der Waals surface area contributed by atoms with Crippen LogP contribution < -0.4 is 0 Å². The van der Waals surface area contributed by atoms with Gasteiger partial charge in [0.05, 0.1) is 31.4 Å². The molecule has 0 amide bonds. The van der Waals surface area contributed by atoms with Crippen LogP contribution in [0, 0.1) is 6.92 Å². The molecule has 0 bridgehead atoms. The predicted molar refractivity (Wildman–Crippen MR) is 120 cm³/mol. The summed E-state index contributed by atoms with van der Waals surface area (Å²) in [6.45, 7) is 3.10. The molecule has 3 N–H and O–H groups in total. The molecular formula is C24H23NO7S. The molecule has 0 radical (unpaired) electrons. The number of thiophene rings is 1. The molecular weight excluding hydrogens is 446 g/mol. The Labute approximate surface area is 194 Å². The number of hydrogen-bond acceptors (Lipinski definition) is 9. The van der Waals surface area contributed by atoms with Crippen molar-refractivity contribution in [3.8, 4) is 17.2 Å². The second kappa shape index (κ2) is 8.84. The van der Waals surface area contributed by atoms with Crippen LogP contribution in [0.4, 0.5) is 0 Å². The van der Waals surface area contributed by atoms with Gasteiger partial charge in [-0.2, -0.15) is 11.3 Å². The number of nitrogens with zero attached hydrogens (tertiary/aromatic N) is 1. The number of methoxy groups -OCH3 is 1. The molecule has 1 aliphatic rings. The maximum absolute atomic E-state index is 12.4. The summed E-state index contributed by atoms with van der Waals surface area (Å²) in [4.78, 5) is 28.8. The van der Waals surface area contributed by atoms with Crippen LogP contribution in [0.5, 0.6) is 17.2 Å². The number of carbonyl (C=O) groups excluding carboxylic acids is 2. The number of carbonyl (C=O) groups is 2. The third kappa shape index (κ3) is 3.94. The maximum atomic E-state index is 12.4. The van der Waals surface area contributed by atoms with E-state index in [9.17, 15) is 24.9 Å². The Morgan fingerprint density at radius 1 is 1.27 bits per heavy atom. The van der Waals surface area contributed by atoms with E-state index in [2.05, 4.69) is 4.98 Å². The van der Waals surface area contributed by atoms with Crippen LogP contribution in [0.2, 0.25) is 0 Å². The lowest BCUT2D eigenvalue weighted by molar-refractivity contribution is -0.140. The van der Waals surface area contributed by atoms with Gasteiger partial charge in [-0.25, -0.2) is 0 Å². The minimum absolute atomic E-state index is 0.0230. The Morgan fingerprint density at radius 3 is 2.67 bits per heavy atom. The highest BCUT2D eigenvalue weighted by atomic mass is 32.1. The highest BCUT2D eigenvalue weighted by Crippen LogP contribution is 2.50. The zero-order valence-corrected chi connectivity index (χ0v) is 19.1. The van der Waals surface area contributed by atoms with Crippen molar-refractivity contribution < 1.29 is 34.4 Å². The number of fused-ring (bicyclic) bond motifs is 1. The molecule has 0 fully saturated rings. The lowest BCUT2D eigenvalue weighted by atomic mass is 9.84. The minimum Gasteiger partial charge on any atom is -0.507 e. The topological polar surface area (TPSA) is 126 Å². The van der Waals surface area contributed by atoms with Gasteiger partial charge < -0.3 is 24.8 Å². The second-order valence-electron chi connectivity index (χ2n) is 7.89. The molecule has 0 unspecified atom stereocenters. The van der Waals surface area contributed by atoms with Gasteiger partial charge in [0, 0.05) is 34.4 Å². The maximum Gasteiger partial charge on any atom is 0.306 e. The van der Waals surface area contributed by atoms with Gasteiger partial charge in [0.25, 0.3) is 0 Å². The van der Waals surface area contributed by atoms with Crippen LogP contribution in [0.1, 0.15) is 69.2 Å². The molecule has 1 aromatic carbocycles. The Kier molecular flexibility index (Phi) is 6.09. The normalized spacial score (nSPS) is 15.8. The van der Waals surface area contributed by atoms with Gasteiger partial charge in [0.2, 0.25) is 0 Å². The minimum atomic E-state index is -0.889. The van der Waals surface area contributed by atoms with Crippen molar-refractivity contribution in [2.45, 2.75) is 38.9 Å². The monoisotopic (exact) mass is 469 g/mol. The summed E-state index contributed by atoms with van der Waals surface area (Å²) in [5.41, 5.74) is 2.40. The second-order valence-corrected chi connectivity index (χ2v) is 8.67. The van der Waals surface area contributed by atoms with Crippen molar-refractivity contribution >= 4 is 23.1 Å². The molecule has 0 spiro atoms. The Hall–Kier alpha value is -3.43. The molecule has 0 saturated heterocycles. The van der Waals surface area contributed by atoms with Gasteiger partial charge in [-0.1, -0.05) is 0 Å². The number of Topliss-reactive ketones (excluding diaryl/α,β-unsaturated/α-hetero) is 1. The number of aromatic hydroxyl groups is 3. The predicted octanol–water partition coefficient (Wildman–Crippen LogP) is 4.09. The number of esters is 1. The highest BCUT2D eigenvalue weighted by molar-refractivity contribution is 7.08. The zero-order chi connectivity index (χ0) is 23.9. The van der Waals surface area contributed by atoms with Gasteiger partial charge in [0.15, 0.2) is 5.78 Å². The van der Waals surface area contributed by atoms with Gasteiger partial charge >= 0.3 is 5.97 Å². The average molecular weight is 470 g/mol. The molecule has 2 aromatic heterocycles. The van der Waals surface area contributed by atoms with Gasteiger partial charge in [0.1, 0.15) is 23.4 Å². The SMILES string of the molecule is COC(=O)C[C@H](c1ccsc1)c1c(O)c(C(C)=O)cc([C@H]2OCc3cnc(C)c(O)c32)c1O. The van der Waals surface area contributed by atoms with Crippen LogP contribution in [0.25, 0.3) is 0 Å². The van der Waals surface area contributed by atoms with E-state index < -0.39 is 29.5 Å². The number of hydrogen-bond donors (Lipinski definition) is 3. The summed E-state index contributed by atoms with van der Waals surface area (Å²) in [6, 6.07) is 3.15. The van der Waals surface area contributed by atoms with Crippen molar-refractivity contribution in [3.63, 3.8) is 0 Å². The molecule has 3 heterocycles.